The number of carbonyl (C=O) groups excluding carboxylic acids is 1. The predicted octanol–water partition coefficient (Wildman–Crippen LogP) is 2.26. The second kappa shape index (κ2) is 8.50. The van der Waals surface area contributed by atoms with Crippen LogP contribution < -0.4 is 11.1 Å². The molecular formula is C12H21ClN2OS. The second-order valence-corrected chi connectivity index (χ2v) is 5.45. The molecule has 5 heteroatoms. The Morgan fingerprint density at radius 1 is 1.53 bits per heavy atom. The van der Waals surface area contributed by atoms with Crippen molar-refractivity contribution in [2.75, 3.05) is 6.54 Å². The molecule has 1 rings (SSSR count). The van der Waals surface area contributed by atoms with Gasteiger partial charge < -0.3 is 11.1 Å². The van der Waals surface area contributed by atoms with Gasteiger partial charge in [-0.2, -0.15) is 0 Å². The molecular weight excluding hydrogens is 256 g/mol. The Balaban J connectivity index is 0.00000256. The van der Waals surface area contributed by atoms with Gasteiger partial charge in [0.05, 0.1) is 0 Å². The maximum atomic E-state index is 11.4. The lowest BCUT2D eigenvalue weighted by molar-refractivity contribution is -0.121. The third-order valence-corrected chi connectivity index (χ3v) is 3.34. The lowest BCUT2D eigenvalue weighted by Crippen LogP contribution is -2.33. The first-order valence-electron chi connectivity index (χ1n) is 5.66. The maximum absolute atomic E-state index is 11.4. The molecule has 3 nitrogen and oxygen atoms in total. The molecule has 0 saturated carbocycles. The van der Waals surface area contributed by atoms with Gasteiger partial charge in [0, 0.05) is 28.6 Å². The monoisotopic (exact) mass is 276 g/mol. The Kier molecular flexibility index (Phi) is 8.21. The number of amides is 1. The van der Waals surface area contributed by atoms with Crippen molar-refractivity contribution in [3.05, 3.63) is 21.9 Å². The van der Waals surface area contributed by atoms with Crippen LogP contribution in [0, 0.1) is 6.92 Å². The summed E-state index contributed by atoms with van der Waals surface area (Å²) in [7, 11) is 0. The van der Waals surface area contributed by atoms with E-state index in [4.69, 9.17) is 5.73 Å². The average Bonchev–Trinajstić information content (AvgIpc) is 2.60. The molecule has 0 bridgehead atoms. The molecule has 0 radical (unpaired) electrons. The van der Waals surface area contributed by atoms with Crippen molar-refractivity contribution in [1.82, 2.24) is 5.32 Å². The van der Waals surface area contributed by atoms with Crippen molar-refractivity contribution in [3.63, 3.8) is 0 Å². The Labute approximate surface area is 113 Å². The predicted molar refractivity (Wildman–Crippen MR) is 75.9 cm³/mol. The lowest BCUT2D eigenvalue weighted by Gasteiger charge is -2.12. The number of nitrogens with one attached hydrogen (secondary N) is 1. The molecule has 17 heavy (non-hydrogen) atoms. The number of rotatable bonds is 6. The standard InChI is InChI=1S/C12H20N2OS.ClH/c1-9(14-12(15)4-3-7-13)8-11-6-5-10(2)16-11;/h5-6,9H,3-4,7-8,13H2,1-2H3,(H,14,15);1H. The summed E-state index contributed by atoms with van der Waals surface area (Å²) in [5.41, 5.74) is 5.36. The van der Waals surface area contributed by atoms with Gasteiger partial charge in [-0.3, -0.25) is 4.79 Å². The van der Waals surface area contributed by atoms with Crippen LogP contribution in [0.5, 0.6) is 0 Å². The molecule has 1 aromatic rings. The van der Waals surface area contributed by atoms with Crippen LogP contribution >= 0.6 is 23.7 Å². The number of carbonyl (C=O) groups is 1. The highest BCUT2D eigenvalue weighted by Crippen LogP contribution is 2.16. The summed E-state index contributed by atoms with van der Waals surface area (Å²) in [4.78, 5) is 14.1. The van der Waals surface area contributed by atoms with Gasteiger partial charge in [0.25, 0.3) is 0 Å². The van der Waals surface area contributed by atoms with E-state index in [1.165, 1.54) is 9.75 Å². The fraction of sp³-hybridized carbons (Fsp3) is 0.583. The van der Waals surface area contributed by atoms with E-state index in [0.717, 1.165) is 12.8 Å². The number of hydrogen-bond donors (Lipinski definition) is 2. The van der Waals surface area contributed by atoms with E-state index in [9.17, 15) is 4.79 Å². The molecule has 1 aromatic heterocycles. The summed E-state index contributed by atoms with van der Waals surface area (Å²) in [6.45, 7) is 4.71. The molecule has 98 valence electrons. The molecule has 0 spiro atoms. The van der Waals surface area contributed by atoms with Crippen LogP contribution in [0.15, 0.2) is 12.1 Å². The number of nitrogens with two attached hydrogens (primary N) is 1. The fourth-order valence-electron chi connectivity index (χ4n) is 1.56. The van der Waals surface area contributed by atoms with Crippen LogP contribution in [-0.4, -0.2) is 18.5 Å². The zero-order valence-corrected chi connectivity index (χ0v) is 12.0. The molecule has 0 saturated heterocycles. The van der Waals surface area contributed by atoms with E-state index < -0.39 is 0 Å². The van der Waals surface area contributed by atoms with Crippen molar-refractivity contribution in [2.45, 2.75) is 39.2 Å². The summed E-state index contributed by atoms with van der Waals surface area (Å²) in [6, 6.07) is 4.44. The lowest BCUT2D eigenvalue weighted by atomic mass is 10.2. The minimum absolute atomic E-state index is 0. The van der Waals surface area contributed by atoms with Gasteiger partial charge >= 0.3 is 0 Å². The molecule has 3 N–H and O–H groups in total. The molecule has 1 unspecified atom stereocenters. The van der Waals surface area contributed by atoms with Gasteiger partial charge in [0.2, 0.25) is 5.91 Å². The maximum Gasteiger partial charge on any atom is 0.220 e. The van der Waals surface area contributed by atoms with Crippen LogP contribution in [0.4, 0.5) is 0 Å². The first-order valence-corrected chi connectivity index (χ1v) is 6.48. The minimum atomic E-state index is 0. The highest BCUT2D eigenvalue weighted by Gasteiger charge is 2.08. The third-order valence-electron chi connectivity index (χ3n) is 2.32. The van der Waals surface area contributed by atoms with E-state index >= 15 is 0 Å². The normalized spacial score (nSPS) is 11.7. The van der Waals surface area contributed by atoms with Crippen molar-refractivity contribution in [2.24, 2.45) is 5.73 Å². The highest BCUT2D eigenvalue weighted by molar-refractivity contribution is 7.11. The van der Waals surface area contributed by atoms with Crippen molar-refractivity contribution in [1.29, 1.82) is 0 Å². The number of aryl methyl sites for hydroxylation is 1. The van der Waals surface area contributed by atoms with Gasteiger partial charge in [-0.15, -0.1) is 23.7 Å². The van der Waals surface area contributed by atoms with Crippen molar-refractivity contribution < 1.29 is 4.79 Å². The fourth-order valence-corrected chi connectivity index (χ4v) is 2.58. The molecule has 0 aliphatic carbocycles. The van der Waals surface area contributed by atoms with Crippen LogP contribution in [0.3, 0.4) is 0 Å². The molecule has 0 aliphatic rings. The van der Waals surface area contributed by atoms with Crippen molar-refractivity contribution in [3.8, 4) is 0 Å². The zero-order valence-electron chi connectivity index (χ0n) is 10.4. The van der Waals surface area contributed by atoms with Crippen LogP contribution in [0.1, 0.15) is 29.5 Å². The Bertz CT molecular complexity index is 341. The number of hydrogen-bond acceptors (Lipinski definition) is 3. The summed E-state index contributed by atoms with van der Waals surface area (Å²) in [6.07, 6.45) is 2.20. The van der Waals surface area contributed by atoms with Crippen molar-refractivity contribution >= 4 is 29.7 Å². The largest absolute Gasteiger partial charge is 0.353 e. The topological polar surface area (TPSA) is 55.1 Å². The van der Waals surface area contributed by atoms with Crippen LogP contribution in [-0.2, 0) is 11.2 Å². The van der Waals surface area contributed by atoms with Crippen LogP contribution in [0.2, 0.25) is 0 Å². The quantitative estimate of drug-likeness (QED) is 0.837. The minimum Gasteiger partial charge on any atom is -0.353 e. The van der Waals surface area contributed by atoms with Gasteiger partial charge in [-0.05, 0) is 38.9 Å². The van der Waals surface area contributed by atoms with E-state index in [-0.39, 0.29) is 24.4 Å². The van der Waals surface area contributed by atoms with Gasteiger partial charge in [-0.1, -0.05) is 0 Å². The summed E-state index contributed by atoms with van der Waals surface area (Å²) < 4.78 is 0. The SMILES string of the molecule is Cc1ccc(CC(C)NC(=O)CCCN)s1.Cl. The second-order valence-electron chi connectivity index (χ2n) is 4.08. The molecule has 0 fully saturated rings. The molecule has 1 amide bonds. The first-order chi connectivity index (χ1) is 7.61. The van der Waals surface area contributed by atoms with Gasteiger partial charge in [0.15, 0.2) is 0 Å². The first kappa shape index (κ1) is 16.4. The summed E-state index contributed by atoms with van der Waals surface area (Å²) in [5, 5.41) is 2.98. The Hall–Kier alpha value is -0.580. The van der Waals surface area contributed by atoms with E-state index in [0.29, 0.717) is 13.0 Å². The number of halogens is 1. The van der Waals surface area contributed by atoms with E-state index in [1.807, 2.05) is 6.92 Å². The van der Waals surface area contributed by atoms with Crippen LogP contribution in [0.25, 0.3) is 0 Å². The molecule has 0 aliphatic heterocycles. The van der Waals surface area contributed by atoms with E-state index in [2.05, 4.69) is 24.4 Å². The Morgan fingerprint density at radius 3 is 2.76 bits per heavy atom. The zero-order chi connectivity index (χ0) is 12.0. The van der Waals surface area contributed by atoms with Gasteiger partial charge in [0.1, 0.15) is 0 Å². The third kappa shape index (κ3) is 6.66. The molecule has 0 aromatic carbocycles. The Morgan fingerprint density at radius 2 is 2.24 bits per heavy atom. The number of thiophene rings is 1. The average molecular weight is 277 g/mol. The van der Waals surface area contributed by atoms with E-state index in [1.54, 1.807) is 11.3 Å². The summed E-state index contributed by atoms with van der Waals surface area (Å²) in [5.74, 6) is 0.103. The highest BCUT2D eigenvalue weighted by atomic mass is 35.5. The summed E-state index contributed by atoms with van der Waals surface area (Å²) >= 11 is 1.79. The molecule has 1 heterocycles. The van der Waals surface area contributed by atoms with Gasteiger partial charge in [-0.25, -0.2) is 0 Å². The molecule has 1 atom stereocenters. The smallest absolute Gasteiger partial charge is 0.220 e.